The first-order valence-corrected chi connectivity index (χ1v) is 8.92. The number of amides is 2. The van der Waals surface area contributed by atoms with Gasteiger partial charge in [0.15, 0.2) is 0 Å². The summed E-state index contributed by atoms with van der Waals surface area (Å²) >= 11 is 12.0. The van der Waals surface area contributed by atoms with Crippen LogP contribution in [0, 0.1) is 0 Å². The zero-order valence-corrected chi connectivity index (χ0v) is 15.3. The normalized spacial score (nSPS) is 16.3. The molecule has 0 saturated carbocycles. The van der Waals surface area contributed by atoms with E-state index in [9.17, 15) is 9.59 Å². The molecule has 8 heteroatoms. The Morgan fingerprint density at radius 1 is 1.15 bits per heavy atom. The maximum atomic E-state index is 12.4. The standard InChI is InChI=1S/C18H17Cl2N3O3/c19-11-6-7-13(20)16(9-11)23-18(25)15-5-1-4-14(22-15)17(24)21-10-12-3-2-8-26-12/h1,4-7,9,12H,2-3,8,10H2,(H,21,24)(H,23,25). The molecule has 0 bridgehead atoms. The number of anilines is 1. The van der Waals surface area contributed by atoms with Crippen LogP contribution in [0.5, 0.6) is 0 Å². The summed E-state index contributed by atoms with van der Waals surface area (Å²) in [5, 5.41) is 6.22. The highest BCUT2D eigenvalue weighted by atomic mass is 35.5. The second kappa shape index (κ2) is 8.49. The molecule has 1 atom stereocenters. The smallest absolute Gasteiger partial charge is 0.274 e. The number of aromatic nitrogens is 1. The Kier molecular flexibility index (Phi) is 6.08. The van der Waals surface area contributed by atoms with Crippen molar-refractivity contribution >= 4 is 40.7 Å². The van der Waals surface area contributed by atoms with Gasteiger partial charge in [-0.15, -0.1) is 0 Å². The molecule has 1 aromatic heterocycles. The third-order valence-corrected chi connectivity index (χ3v) is 4.47. The van der Waals surface area contributed by atoms with Crippen molar-refractivity contribution in [1.29, 1.82) is 0 Å². The number of hydrogen-bond donors (Lipinski definition) is 2. The highest BCUT2D eigenvalue weighted by molar-refractivity contribution is 6.35. The molecule has 1 fully saturated rings. The summed E-state index contributed by atoms with van der Waals surface area (Å²) in [7, 11) is 0. The fraction of sp³-hybridized carbons (Fsp3) is 0.278. The minimum Gasteiger partial charge on any atom is -0.376 e. The molecule has 26 heavy (non-hydrogen) atoms. The number of nitrogens with zero attached hydrogens (tertiary/aromatic N) is 1. The fourth-order valence-corrected chi connectivity index (χ4v) is 2.91. The van der Waals surface area contributed by atoms with Crippen LogP contribution >= 0.6 is 23.2 Å². The van der Waals surface area contributed by atoms with Crippen LogP contribution in [0.15, 0.2) is 36.4 Å². The van der Waals surface area contributed by atoms with Crippen LogP contribution in [-0.4, -0.2) is 36.1 Å². The third-order valence-electron chi connectivity index (χ3n) is 3.91. The van der Waals surface area contributed by atoms with E-state index in [0.29, 0.717) is 22.3 Å². The maximum Gasteiger partial charge on any atom is 0.274 e. The molecule has 1 unspecified atom stereocenters. The van der Waals surface area contributed by atoms with E-state index in [1.165, 1.54) is 6.07 Å². The van der Waals surface area contributed by atoms with Crippen molar-refractivity contribution in [1.82, 2.24) is 10.3 Å². The molecule has 2 N–H and O–H groups in total. The van der Waals surface area contributed by atoms with Gasteiger partial charge in [0.2, 0.25) is 0 Å². The van der Waals surface area contributed by atoms with Gasteiger partial charge in [-0.05, 0) is 43.2 Å². The van der Waals surface area contributed by atoms with Gasteiger partial charge in [0.05, 0.1) is 16.8 Å². The lowest BCUT2D eigenvalue weighted by molar-refractivity contribution is 0.0853. The molecular weight excluding hydrogens is 377 g/mol. The fourth-order valence-electron chi connectivity index (χ4n) is 2.57. The molecule has 2 amide bonds. The van der Waals surface area contributed by atoms with Gasteiger partial charge >= 0.3 is 0 Å². The highest BCUT2D eigenvalue weighted by Crippen LogP contribution is 2.25. The van der Waals surface area contributed by atoms with Gasteiger partial charge in [0, 0.05) is 18.2 Å². The Morgan fingerprint density at radius 3 is 2.65 bits per heavy atom. The first kappa shape index (κ1) is 18.6. The van der Waals surface area contributed by atoms with Gasteiger partial charge in [-0.25, -0.2) is 4.98 Å². The van der Waals surface area contributed by atoms with Crippen molar-refractivity contribution in [3.63, 3.8) is 0 Å². The third kappa shape index (κ3) is 4.72. The Balaban J connectivity index is 1.66. The van der Waals surface area contributed by atoms with Crippen LogP contribution in [0.2, 0.25) is 10.0 Å². The minimum absolute atomic E-state index is 0.0374. The van der Waals surface area contributed by atoms with E-state index < -0.39 is 5.91 Å². The number of carbonyl (C=O) groups is 2. The molecule has 6 nitrogen and oxygen atoms in total. The van der Waals surface area contributed by atoms with Crippen molar-refractivity contribution in [2.45, 2.75) is 18.9 Å². The summed E-state index contributed by atoms with van der Waals surface area (Å²) in [6, 6.07) is 9.42. The summed E-state index contributed by atoms with van der Waals surface area (Å²) in [5.74, 6) is -0.834. The summed E-state index contributed by atoms with van der Waals surface area (Å²) in [5.41, 5.74) is 0.637. The van der Waals surface area contributed by atoms with Crippen LogP contribution in [0.4, 0.5) is 5.69 Å². The zero-order valence-electron chi connectivity index (χ0n) is 13.8. The molecule has 1 saturated heterocycles. The number of nitrogens with one attached hydrogen (secondary N) is 2. The lowest BCUT2D eigenvalue weighted by Gasteiger charge is -2.11. The van der Waals surface area contributed by atoms with E-state index in [2.05, 4.69) is 15.6 Å². The van der Waals surface area contributed by atoms with Gasteiger partial charge in [0.1, 0.15) is 11.4 Å². The summed E-state index contributed by atoms with van der Waals surface area (Å²) < 4.78 is 5.47. The van der Waals surface area contributed by atoms with Crippen LogP contribution < -0.4 is 10.6 Å². The van der Waals surface area contributed by atoms with Crippen LogP contribution in [0.1, 0.15) is 33.8 Å². The van der Waals surface area contributed by atoms with E-state index in [0.717, 1.165) is 19.4 Å². The SMILES string of the molecule is O=C(NCC1CCCO1)c1cccc(C(=O)Nc2cc(Cl)ccc2Cl)n1. The monoisotopic (exact) mass is 393 g/mol. The first-order valence-electron chi connectivity index (χ1n) is 8.16. The first-order chi connectivity index (χ1) is 12.5. The Morgan fingerprint density at radius 2 is 1.92 bits per heavy atom. The van der Waals surface area contributed by atoms with Gasteiger partial charge in [-0.2, -0.15) is 0 Å². The Labute approximate surface area is 160 Å². The lowest BCUT2D eigenvalue weighted by atomic mass is 10.2. The van der Waals surface area contributed by atoms with Crippen molar-refractivity contribution < 1.29 is 14.3 Å². The summed E-state index contributed by atoms with van der Waals surface area (Å²) in [6.07, 6.45) is 1.97. The quantitative estimate of drug-likeness (QED) is 0.813. The van der Waals surface area contributed by atoms with E-state index in [1.54, 1.807) is 30.3 Å². The van der Waals surface area contributed by atoms with Crippen molar-refractivity contribution in [3.05, 3.63) is 57.8 Å². The van der Waals surface area contributed by atoms with Crippen molar-refractivity contribution in [2.75, 3.05) is 18.5 Å². The average molecular weight is 394 g/mol. The zero-order chi connectivity index (χ0) is 18.5. The number of carbonyl (C=O) groups excluding carboxylic acids is 2. The molecule has 2 heterocycles. The van der Waals surface area contributed by atoms with E-state index in [-0.39, 0.29) is 23.4 Å². The van der Waals surface area contributed by atoms with Crippen molar-refractivity contribution in [3.8, 4) is 0 Å². The number of pyridine rings is 1. The Bertz CT molecular complexity index is 823. The maximum absolute atomic E-state index is 12.4. The van der Waals surface area contributed by atoms with Crippen molar-refractivity contribution in [2.24, 2.45) is 0 Å². The molecule has 0 spiro atoms. The lowest BCUT2D eigenvalue weighted by Crippen LogP contribution is -2.32. The summed E-state index contributed by atoms with van der Waals surface area (Å²) in [6.45, 7) is 1.15. The van der Waals surface area contributed by atoms with Gasteiger partial charge in [-0.1, -0.05) is 29.3 Å². The molecule has 1 aromatic carbocycles. The van der Waals surface area contributed by atoms with Crippen LogP contribution in [-0.2, 0) is 4.74 Å². The number of rotatable bonds is 5. The van der Waals surface area contributed by atoms with Gasteiger partial charge in [0.25, 0.3) is 11.8 Å². The number of halogens is 2. The van der Waals surface area contributed by atoms with E-state index >= 15 is 0 Å². The van der Waals surface area contributed by atoms with E-state index in [4.69, 9.17) is 27.9 Å². The minimum atomic E-state index is -0.483. The van der Waals surface area contributed by atoms with E-state index in [1.807, 2.05) is 0 Å². The van der Waals surface area contributed by atoms with Crippen LogP contribution in [0.3, 0.4) is 0 Å². The Hall–Kier alpha value is -2.15. The van der Waals surface area contributed by atoms with Crippen LogP contribution in [0.25, 0.3) is 0 Å². The molecule has 0 aliphatic carbocycles. The largest absolute Gasteiger partial charge is 0.376 e. The summed E-state index contributed by atoms with van der Waals surface area (Å²) in [4.78, 5) is 28.8. The molecule has 3 rings (SSSR count). The topological polar surface area (TPSA) is 80.3 Å². The molecular formula is C18H17Cl2N3O3. The number of ether oxygens (including phenoxy) is 1. The molecule has 0 radical (unpaired) electrons. The number of hydrogen-bond acceptors (Lipinski definition) is 4. The predicted molar refractivity (Wildman–Crippen MR) is 100.0 cm³/mol. The predicted octanol–water partition coefficient (Wildman–Crippen LogP) is 3.55. The second-order valence-electron chi connectivity index (χ2n) is 5.83. The second-order valence-corrected chi connectivity index (χ2v) is 6.68. The molecule has 1 aliphatic rings. The average Bonchev–Trinajstić information content (AvgIpc) is 3.16. The highest BCUT2D eigenvalue weighted by Gasteiger charge is 2.18. The number of benzene rings is 1. The van der Waals surface area contributed by atoms with Gasteiger partial charge < -0.3 is 15.4 Å². The van der Waals surface area contributed by atoms with Gasteiger partial charge in [-0.3, -0.25) is 9.59 Å². The molecule has 136 valence electrons. The molecule has 2 aromatic rings. The molecule has 1 aliphatic heterocycles.